The molecule has 0 fully saturated rings. The van der Waals surface area contributed by atoms with Crippen LogP contribution >= 0.6 is 23.5 Å². The van der Waals surface area contributed by atoms with Crippen LogP contribution in [0.1, 0.15) is 0 Å². The third-order valence-corrected chi connectivity index (χ3v) is 5.99. The molecule has 1 rings (SSSR count). The molecule has 0 aliphatic carbocycles. The molecule has 0 bridgehead atoms. The summed E-state index contributed by atoms with van der Waals surface area (Å²) in [5.74, 6) is 0. The van der Waals surface area contributed by atoms with Crippen molar-refractivity contribution in [3.05, 3.63) is 34.4 Å². The summed E-state index contributed by atoms with van der Waals surface area (Å²) in [5.41, 5.74) is 0.0991. The van der Waals surface area contributed by atoms with E-state index in [2.05, 4.69) is 18.5 Å². The number of phosphoric acid groups is 3. The van der Waals surface area contributed by atoms with Crippen molar-refractivity contribution in [2.24, 2.45) is 0 Å². The smallest absolute Gasteiger partial charge is 0.383 e. The van der Waals surface area contributed by atoms with Gasteiger partial charge in [-0.2, -0.15) is 8.62 Å². The molecule has 2 atom stereocenters. The molecule has 0 aromatic heterocycles. The average molecular weight is 422 g/mol. The number of hydrogen-bond donors (Lipinski definition) is 5. The normalized spacial score (nSPS) is 16.6. The first-order valence-corrected chi connectivity index (χ1v) is 10.6. The number of phosphoric ester groups is 1. The molecule has 25 heavy (non-hydrogen) atoms. The second kappa shape index (κ2) is 8.47. The molecule has 0 spiro atoms. The van der Waals surface area contributed by atoms with Gasteiger partial charge in [-0.1, -0.05) is 6.07 Å². The number of nitro groups is 1. The second-order valence-electron chi connectivity index (χ2n) is 4.16. The number of rotatable bonds is 10. The van der Waals surface area contributed by atoms with Gasteiger partial charge in [0.15, 0.2) is 0 Å². The fourth-order valence-corrected chi connectivity index (χ4v) is 4.41. The first-order valence-electron chi connectivity index (χ1n) is 6.06. The zero-order valence-electron chi connectivity index (χ0n) is 12.1. The van der Waals surface area contributed by atoms with Gasteiger partial charge in [0.1, 0.15) is 0 Å². The summed E-state index contributed by atoms with van der Waals surface area (Å²) in [6.07, 6.45) is 0. The number of nitro benzene ring substituents is 1. The minimum atomic E-state index is -5.56. The van der Waals surface area contributed by atoms with Gasteiger partial charge in [0.05, 0.1) is 11.5 Å². The summed E-state index contributed by atoms with van der Waals surface area (Å²) in [5, 5.41) is 13.2. The predicted molar refractivity (Wildman–Crippen MR) is 81.4 cm³/mol. The second-order valence-corrected chi connectivity index (χ2v) is 8.58. The van der Waals surface area contributed by atoms with Crippen LogP contribution < -0.4 is 5.32 Å². The van der Waals surface area contributed by atoms with E-state index in [1.54, 1.807) is 0 Å². The van der Waals surface area contributed by atoms with Crippen molar-refractivity contribution in [1.82, 2.24) is 0 Å². The molecular formula is C8H13N2O12P3. The van der Waals surface area contributed by atoms with E-state index in [0.29, 0.717) is 5.69 Å². The van der Waals surface area contributed by atoms with Crippen LogP contribution in [0.3, 0.4) is 0 Å². The van der Waals surface area contributed by atoms with Crippen LogP contribution in [0.25, 0.3) is 0 Å². The molecule has 1 aromatic carbocycles. The minimum Gasteiger partial charge on any atom is -0.383 e. The Morgan fingerprint density at radius 2 is 1.72 bits per heavy atom. The summed E-state index contributed by atoms with van der Waals surface area (Å²) in [7, 11) is -16.2. The number of benzene rings is 1. The molecule has 1 aromatic rings. The van der Waals surface area contributed by atoms with Gasteiger partial charge in [0.2, 0.25) is 0 Å². The van der Waals surface area contributed by atoms with Crippen molar-refractivity contribution in [3.8, 4) is 0 Å². The summed E-state index contributed by atoms with van der Waals surface area (Å²) >= 11 is 0. The van der Waals surface area contributed by atoms with Gasteiger partial charge in [-0.15, -0.1) is 0 Å². The first-order chi connectivity index (χ1) is 11.3. The fraction of sp³-hybridized carbons (Fsp3) is 0.250. The molecule has 2 unspecified atom stereocenters. The predicted octanol–water partition coefficient (Wildman–Crippen LogP) is 1.35. The van der Waals surface area contributed by atoms with Crippen LogP contribution in [-0.4, -0.2) is 37.6 Å². The van der Waals surface area contributed by atoms with Crippen LogP contribution in [-0.2, 0) is 26.8 Å². The lowest BCUT2D eigenvalue weighted by Gasteiger charge is -2.16. The minimum absolute atomic E-state index is 0.163. The zero-order chi connectivity index (χ0) is 19.3. The quantitative estimate of drug-likeness (QED) is 0.156. The highest BCUT2D eigenvalue weighted by molar-refractivity contribution is 7.66. The fourth-order valence-electron chi connectivity index (χ4n) is 1.39. The van der Waals surface area contributed by atoms with Crippen LogP contribution in [0.15, 0.2) is 24.3 Å². The summed E-state index contributed by atoms with van der Waals surface area (Å²) in [6.45, 7) is -0.726. The number of anilines is 1. The monoisotopic (exact) mass is 422 g/mol. The van der Waals surface area contributed by atoms with Crippen molar-refractivity contribution in [3.63, 3.8) is 0 Å². The Hall–Kier alpha value is -1.17. The number of non-ortho nitro benzene ring substituents is 1. The molecular weight excluding hydrogens is 409 g/mol. The van der Waals surface area contributed by atoms with E-state index >= 15 is 0 Å². The molecule has 0 aliphatic rings. The zero-order valence-corrected chi connectivity index (χ0v) is 14.8. The van der Waals surface area contributed by atoms with E-state index in [1.165, 1.54) is 24.3 Å². The molecule has 0 saturated heterocycles. The lowest BCUT2D eigenvalue weighted by atomic mass is 10.3. The van der Waals surface area contributed by atoms with Gasteiger partial charge in [-0.25, -0.2) is 13.7 Å². The Balaban J connectivity index is 2.50. The summed E-state index contributed by atoms with van der Waals surface area (Å²) < 4.78 is 44.3. The first kappa shape index (κ1) is 21.9. The van der Waals surface area contributed by atoms with Crippen LogP contribution in [0, 0.1) is 10.1 Å². The largest absolute Gasteiger partial charge is 0.490 e. The van der Waals surface area contributed by atoms with Crippen LogP contribution in [0.5, 0.6) is 0 Å². The standard InChI is InChI=1S/C8H13N2O12P3/c11-10(12)8-3-1-2-7(6-8)9-4-5-20-24(16,17)22-25(18,19)21-23(13,14)15/h1-3,6,9H,4-5H2,(H,16,17)(H,18,19)(H2,13,14,15). The van der Waals surface area contributed by atoms with Crippen LogP contribution in [0.2, 0.25) is 0 Å². The SMILES string of the molecule is O=[N+]([O-])c1cccc(NCCOP(=O)(O)OP(=O)(O)OP(=O)(O)O)c1. The summed E-state index contributed by atoms with van der Waals surface area (Å²) in [4.78, 5) is 44.8. The number of nitrogens with zero attached hydrogens (tertiary/aromatic N) is 1. The Bertz CT molecular complexity index is 762. The maximum absolute atomic E-state index is 11.4. The molecule has 14 nitrogen and oxygen atoms in total. The molecule has 0 saturated carbocycles. The Kier molecular flexibility index (Phi) is 7.41. The van der Waals surface area contributed by atoms with E-state index in [1.807, 2.05) is 0 Å². The van der Waals surface area contributed by atoms with Gasteiger partial charge in [0.25, 0.3) is 5.69 Å². The lowest BCUT2D eigenvalue weighted by molar-refractivity contribution is -0.384. The van der Waals surface area contributed by atoms with Gasteiger partial charge in [-0.3, -0.25) is 14.6 Å². The molecule has 5 N–H and O–H groups in total. The van der Waals surface area contributed by atoms with Gasteiger partial charge < -0.3 is 24.9 Å². The Labute approximate surface area is 140 Å². The third kappa shape index (κ3) is 9.19. The molecule has 0 heterocycles. The molecule has 0 aliphatic heterocycles. The van der Waals surface area contributed by atoms with Gasteiger partial charge in [-0.05, 0) is 6.07 Å². The van der Waals surface area contributed by atoms with Crippen molar-refractivity contribution in [2.75, 3.05) is 18.5 Å². The Morgan fingerprint density at radius 3 is 2.28 bits per heavy atom. The maximum atomic E-state index is 11.4. The maximum Gasteiger partial charge on any atom is 0.490 e. The van der Waals surface area contributed by atoms with E-state index in [4.69, 9.17) is 14.7 Å². The molecule has 0 radical (unpaired) electrons. The van der Waals surface area contributed by atoms with Crippen molar-refractivity contribution in [2.45, 2.75) is 0 Å². The van der Waals surface area contributed by atoms with Crippen molar-refractivity contribution < 1.29 is 51.3 Å². The van der Waals surface area contributed by atoms with Crippen LogP contribution in [0.4, 0.5) is 11.4 Å². The molecule has 0 amide bonds. The van der Waals surface area contributed by atoms with E-state index in [9.17, 15) is 28.7 Å². The van der Waals surface area contributed by atoms with E-state index < -0.39 is 35.0 Å². The lowest BCUT2D eigenvalue weighted by Crippen LogP contribution is -2.09. The van der Waals surface area contributed by atoms with E-state index in [0.717, 1.165) is 0 Å². The highest BCUT2D eigenvalue weighted by Crippen LogP contribution is 2.66. The topological polar surface area (TPSA) is 215 Å². The highest BCUT2D eigenvalue weighted by Gasteiger charge is 2.40. The average Bonchev–Trinajstić information content (AvgIpc) is 2.40. The summed E-state index contributed by atoms with van der Waals surface area (Å²) in [6, 6.07) is 5.29. The number of nitrogens with one attached hydrogen (secondary N) is 1. The molecule has 142 valence electrons. The highest BCUT2D eigenvalue weighted by atomic mass is 31.3. The van der Waals surface area contributed by atoms with Gasteiger partial charge in [0, 0.05) is 24.4 Å². The van der Waals surface area contributed by atoms with Crippen molar-refractivity contribution >= 4 is 34.8 Å². The van der Waals surface area contributed by atoms with E-state index in [-0.39, 0.29) is 12.2 Å². The number of hydrogen-bond acceptors (Lipinski definition) is 9. The molecule has 17 heteroatoms. The Morgan fingerprint density at radius 1 is 1.08 bits per heavy atom. The van der Waals surface area contributed by atoms with Gasteiger partial charge >= 0.3 is 23.5 Å². The van der Waals surface area contributed by atoms with Crippen molar-refractivity contribution in [1.29, 1.82) is 0 Å². The third-order valence-electron chi connectivity index (χ3n) is 2.16.